The summed E-state index contributed by atoms with van der Waals surface area (Å²) in [4.78, 5) is 36.1. The van der Waals surface area contributed by atoms with E-state index in [1.807, 2.05) is 0 Å². The van der Waals surface area contributed by atoms with E-state index in [4.69, 9.17) is 0 Å². The van der Waals surface area contributed by atoms with Gasteiger partial charge < -0.3 is 0 Å². The van der Waals surface area contributed by atoms with Crippen molar-refractivity contribution in [3.63, 3.8) is 0 Å². The van der Waals surface area contributed by atoms with Crippen LogP contribution in [-0.2, 0) is 11.3 Å². The highest BCUT2D eigenvalue weighted by molar-refractivity contribution is 5.77. The molecule has 6 heteroatoms. The summed E-state index contributed by atoms with van der Waals surface area (Å²) in [6, 6.07) is 8.65. The number of aromatic amines is 1. The molecule has 2 aromatic rings. The van der Waals surface area contributed by atoms with Crippen molar-refractivity contribution in [3.05, 3.63) is 51.3 Å². The summed E-state index contributed by atoms with van der Waals surface area (Å²) in [6.45, 7) is 2.03. The van der Waals surface area contributed by atoms with Crippen molar-refractivity contribution in [1.82, 2.24) is 14.3 Å². The molecule has 1 aromatic carbocycles. The van der Waals surface area contributed by atoms with Crippen LogP contribution in [-0.4, -0.2) is 20.1 Å². The Balaban J connectivity index is 2.09. The van der Waals surface area contributed by atoms with Crippen molar-refractivity contribution in [1.29, 1.82) is 0 Å². The highest BCUT2D eigenvalue weighted by Gasteiger charge is 2.13. The second kappa shape index (κ2) is 7.59. The third-order valence-electron chi connectivity index (χ3n) is 3.51. The molecule has 0 saturated carbocycles. The van der Waals surface area contributed by atoms with E-state index in [0.717, 1.165) is 34.9 Å². The number of ketones is 1. The molecule has 0 aliphatic rings. The van der Waals surface area contributed by atoms with Crippen molar-refractivity contribution in [3.8, 4) is 5.69 Å². The zero-order valence-electron chi connectivity index (χ0n) is 12.7. The van der Waals surface area contributed by atoms with Gasteiger partial charge in [-0.2, -0.15) is 0 Å². The first kappa shape index (κ1) is 16.0. The van der Waals surface area contributed by atoms with Crippen molar-refractivity contribution in [2.45, 2.75) is 45.6 Å². The second-order valence-electron chi connectivity index (χ2n) is 5.31. The standard InChI is InChI=1S/C16H21N3O3/c1-2-3-4-8-11-14(20)12-18-16(22)19(15(21)17-18)13-9-6-5-7-10-13/h5-7,9-10H,2-4,8,11-12H2,1H3,(H,17,21). The summed E-state index contributed by atoms with van der Waals surface area (Å²) >= 11 is 0. The van der Waals surface area contributed by atoms with Crippen molar-refractivity contribution in [2.75, 3.05) is 0 Å². The van der Waals surface area contributed by atoms with Crippen molar-refractivity contribution < 1.29 is 4.79 Å². The molecule has 0 unspecified atom stereocenters. The minimum Gasteiger partial charge on any atom is -0.298 e. The molecule has 0 aliphatic carbocycles. The number of unbranched alkanes of at least 4 members (excludes halogenated alkanes) is 3. The lowest BCUT2D eigenvalue weighted by Crippen LogP contribution is -2.28. The molecule has 0 spiro atoms. The van der Waals surface area contributed by atoms with Gasteiger partial charge in [0.05, 0.1) is 5.69 Å². The Labute approximate surface area is 128 Å². The van der Waals surface area contributed by atoms with Crippen LogP contribution in [0.5, 0.6) is 0 Å². The van der Waals surface area contributed by atoms with E-state index in [1.165, 1.54) is 0 Å². The number of nitrogens with one attached hydrogen (secondary N) is 1. The van der Waals surface area contributed by atoms with E-state index >= 15 is 0 Å². The van der Waals surface area contributed by atoms with Gasteiger partial charge in [0.1, 0.15) is 6.54 Å². The molecule has 0 amide bonds. The van der Waals surface area contributed by atoms with Gasteiger partial charge in [-0.25, -0.2) is 23.9 Å². The number of Topliss-reactive ketones (excluding diaryl/α,β-unsaturated/α-hetero) is 1. The van der Waals surface area contributed by atoms with Gasteiger partial charge in [-0.15, -0.1) is 0 Å². The highest BCUT2D eigenvalue weighted by Crippen LogP contribution is 2.04. The van der Waals surface area contributed by atoms with E-state index < -0.39 is 11.4 Å². The Morgan fingerprint density at radius 3 is 2.50 bits per heavy atom. The number of aromatic nitrogens is 3. The van der Waals surface area contributed by atoms with Crippen LogP contribution in [0, 0.1) is 0 Å². The Hall–Kier alpha value is -2.37. The Bertz CT molecular complexity index is 725. The molecule has 6 nitrogen and oxygen atoms in total. The number of carbonyl (C=O) groups is 1. The molecule has 0 atom stereocenters. The molecule has 0 aliphatic heterocycles. The topological polar surface area (TPSA) is 76.9 Å². The summed E-state index contributed by atoms with van der Waals surface area (Å²) in [6.07, 6.45) is 4.49. The lowest BCUT2D eigenvalue weighted by Gasteiger charge is -2.01. The molecule has 2 rings (SSSR count). The lowest BCUT2D eigenvalue weighted by atomic mass is 10.1. The zero-order chi connectivity index (χ0) is 15.9. The largest absolute Gasteiger partial charge is 0.352 e. The number of rotatable bonds is 8. The van der Waals surface area contributed by atoms with Gasteiger partial charge in [0.25, 0.3) is 0 Å². The Morgan fingerprint density at radius 2 is 1.82 bits per heavy atom. The van der Waals surface area contributed by atoms with Crippen LogP contribution >= 0.6 is 0 Å². The second-order valence-corrected chi connectivity index (χ2v) is 5.31. The predicted octanol–water partition coefficient (Wildman–Crippen LogP) is 1.87. The molecule has 118 valence electrons. The number of hydrogen-bond acceptors (Lipinski definition) is 3. The third kappa shape index (κ3) is 3.84. The summed E-state index contributed by atoms with van der Waals surface area (Å²) in [7, 11) is 0. The van der Waals surface area contributed by atoms with Crippen LogP contribution in [0.2, 0.25) is 0 Å². The molecular formula is C16H21N3O3. The van der Waals surface area contributed by atoms with Crippen LogP contribution in [0.1, 0.15) is 39.0 Å². The lowest BCUT2D eigenvalue weighted by molar-refractivity contribution is -0.120. The average Bonchev–Trinajstić information content (AvgIpc) is 2.79. The van der Waals surface area contributed by atoms with Gasteiger partial charge in [-0.1, -0.05) is 44.4 Å². The van der Waals surface area contributed by atoms with Gasteiger partial charge in [-0.3, -0.25) is 4.79 Å². The molecule has 0 radical (unpaired) electrons. The Morgan fingerprint density at radius 1 is 1.09 bits per heavy atom. The maximum atomic E-state index is 12.2. The predicted molar refractivity (Wildman–Crippen MR) is 84.4 cm³/mol. The van der Waals surface area contributed by atoms with Crippen molar-refractivity contribution in [2.24, 2.45) is 0 Å². The quantitative estimate of drug-likeness (QED) is 0.756. The van der Waals surface area contributed by atoms with E-state index in [1.54, 1.807) is 30.3 Å². The van der Waals surface area contributed by atoms with Crippen LogP contribution < -0.4 is 11.4 Å². The molecule has 22 heavy (non-hydrogen) atoms. The van der Waals surface area contributed by atoms with Gasteiger partial charge >= 0.3 is 11.4 Å². The monoisotopic (exact) mass is 303 g/mol. The van der Waals surface area contributed by atoms with E-state index in [2.05, 4.69) is 12.0 Å². The molecular weight excluding hydrogens is 282 g/mol. The fraction of sp³-hybridized carbons (Fsp3) is 0.438. The van der Waals surface area contributed by atoms with Crippen LogP contribution in [0.3, 0.4) is 0 Å². The molecule has 1 N–H and O–H groups in total. The molecule has 1 aromatic heterocycles. The third-order valence-corrected chi connectivity index (χ3v) is 3.51. The van der Waals surface area contributed by atoms with Gasteiger partial charge in [0.2, 0.25) is 0 Å². The van der Waals surface area contributed by atoms with E-state index in [0.29, 0.717) is 12.1 Å². The maximum absolute atomic E-state index is 12.2. The number of carbonyl (C=O) groups excluding carboxylic acids is 1. The SMILES string of the molecule is CCCCCCC(=O)Cn1[nH]c(=O)n(-c2ccccc2)c1=O. The molecule has 0 fully saturated rings. The highest BCUT2D eigenvalue weighted by atomic mass is 16.2. The summed E-state index contributed by atoms with van der Waals surface area (Å²) in [5, 5.41) is 2.43. The van der Waals surface area contributed by atoms with E-state index in [9.17, 15) is 14.4 Å². The normalized spacial score (nSPS) is 10.8. The van der Waals surface area contributed by atoms with Crippen LogP contribution in [0.15, 0.2) is 39.9 Å². The fourth-order valence-electron chi connectivity index (χ4n) is 2.34. The van der Waals surface area contributed by atoms with Crippen molar-refractivity contribution >= 4 is 5.78 Å². The number of hydrogen-bond donors (Lipinski definition) is 1. The van der Waals surface area contributed by atoms with E-state index in [-0.39, 0.29) is 12.3 Å². The van der Waals surface area contributed by atoms with Gasteiger partial charge in [0.15, 0.2) is 5.78 Å². The molecule has 0 bridgehead atoms. The summed E-state index contributed by atoms with van der Waals surface area (Å²) < 4.78 is 2.11. The summed E-state index contributed by atoms with van der Waals surface area (Å²) in [5.41, 5.74) is -0.559. The smallest absolute Gasteiger partial charge is 0.298 e. The van der Waals surface area contributed by atoms with Crippen LogP contribution in [0.4, 0.5) is 0 Å². The van der Waals surface area contributed by atoms with Gasteiger partial charge in [-0.05, 0) is 18.6 Å². The fourth-order valence-corrected chi connectivity index (χ4v) is 2.34. The first-order chi connectivity index (χ1) is 10.6. The number of H-pyrrole nitrogens is 1. The first-order valence-electron chi connectivity index (χ1n) is 7.62. The molecule has 0 saturated heterocycles. The number of nitrogens with zero attached hydrogens (tertiary/aromatic N) is 2. The first-order valence-corrected chi connectivity index (χ1v) is 7.62. The Kier molecular flexibility index (Phi) is 5.52. The zero-order valence-corrected chi connectivity index (χ0v) is 12.7. The number of benzene rings is 1. The summed E-state index contributed by atoms with van der Waals surface area (Å²) in [5.74, 6) is -0.0420. The maximum Gasteiger partial charge on any atom is 0.352 e. The van der Waals surface area contributed by atoms with Crippen LogP contribution in [0.25, 0.3) is 5.69 Å². The number of para-hydroxylation sites is 1. The molecule has 1 heterocycles. The minimum atomic E-state index is -0.532. The average molecular weight is 303 g/mol. The minimum absolute atomic E-state index is 0.0420. The van der Waals surface area contributed by atoms with Gasteiger partial charge in [0, 0.05) is 6.42 Å².